The average Bonchev–Trinajstić information content (AvgIpc) is 2.43. The number of carboxylic acid groups (broad SMARTS) is 1. The molecule has 0 saturated heterocycles. The molecule has 0 fully saturated rings. The molecular formula is C18H37F3O7Si4. The molecule has 1 N–H and O–H groups in total. The Balaban J connectivity index is 5.47. The fourth-order valence-corrected chi connectivity index (χ4v) is 17.3. The van der Waals surface area contributed by atoms with Crippen molar-refractivity contribution in [2.24, 2.45) is 0 Å². The first kappa shape index (κ1) is 31.2. The van der Waals surface area contributed by atoms with Gasteiger partial charge in [-0.2, -0.15) is 13.2 Å². The van der Waals surface area contributed by atoms with Crippen LogP contribution in [0, 0.1) is 0 Å². The van der Waals surface area contributed by atoms with Crippen LogP contribution >= 0.6 is 0 Å². The number of alkyl halides is 3. The summed E-state index contributed by atoms with van der Waals surface area (Å²) in [4.78, 5) is 22.8. The fraction of sp³-hybridized carbons (Fsp3) is 0.778. The number of hydrogen-bond donors (Lipinski definition) is 1. The third-order valence-electron chi connectivity index (χ3n) is 3.20. The molecule has 0 unspecified atom stereocenters. The van der Waals surface area contributed by atoms with Crippen LogP contribution in [0.4, 0.5) is 13.2 Å². The molecule has 0 rings (SSSR count). The predicted octanol–water partition coefficient (Wildman–Crippen LogP) is 5.38. The number of hydrogen-bond acceptors (Lipinski definition) is 6. The van der Waals surface area contributed by atoms with Gasteiger partial charge in [-0.1, -0.05) is 0 Å². The molecule has 0 amide bonds. The molecule has 0 saturated carbocycles. The maximum absolute atomic E-state index is 12.7. The van der Waals surface area contributed by atoms with E-state index in [2.05, 4.69) is 0 Å². The highest BCUT2D eigenvalue weighted by Crippen LogP contribution is 2.30. The molecule has 0 atom stereocenters. The number of esters is 1. The fourth-order valence-electron chi connectivity index (χ4n) is 2.71. The van der Waals surface area contributed by atoms with Gasteiger partial charge in [-0.25, -0.2) is 9.59 Å². The molecule has 0 heterocycles. The number of rotatable bonds is 13. The van der Waals surface area contributed by atoms with Crippen molar-refractivity contribution < 1.29 is 44.9 Å². The van der Waals surface area contributed by atoms with Crippen LogP contribution in [0.15, 0.2) is 11.6 Å². The van der Waals surface area contributed by atoms with Crippen LogP contribution in [0.25, 0.3) is 0 Å². The van der Waals surface area contributed by atoms with Gasteiger partial charge in [0.05, 0.1) is 18.6 Å². The predicted molar refractivity (Wildman–Crippen MR) is 126 cm³/mol. The molecule has 0 aromatic rings. The quantitative estimate of drug-likeness (QED) is 0.147. The second-order valence-corrected chi connectivity index (χ2v) is 27.4. The van der Waals surface area contributed by atoms with Crippen molar-refractivity contribution in [3.8, 4) is 0 Å². The number of carbonyl (C=O) groups is 2. The molecule has 0 radical (unpaired) electrons. The van der Waals surface area contributed by atoms with Gasteiger partial charge in [0.25, 0.3) is 0 Å². The minimum Gasteiger partial charge on any atom is -0.478 e. The largest absolute Gasteiger partial charge is 0.478 e. The molecule has 0 bridgehead atoms. The summed E-state index contributed by atoms with van der Waals surface area (Å²) in [6, 6.07) is 0.344. The van der Waals surface area contributed by atoms with E-state index in [1.165, 1.54) is 0 Å². The van der Waals surface area contributed by atoms with Crippen LogP contribution in [0.3, 0.4) is 0 Å². The van der Waals surface area contributed by atoms with Crippen molar-refractivity contribution in [3.05, 3.63) is 11.6 Å². The third-order valence-corrected chi connectivity index (χ3v) is 15.2. The minimum atomic E-state index is -4.73. The van der Waals surface area contributed by atoms with Gasteiger partial charge in [0.1, 0.15) is 0 Å². The third kappa shape index (κ3) is 15.9. The zero-order valence-electron chi connectivity index (χ0n) is 20.4. The Kier molecular flexibility index (Phi) is 11.3. The Morgan fingerprint density at radius 2 is 1.25 bits per heavy atom. The number of halogens is 3. The van der Waals surface area contributed by atoms with Crippen LogP contribution in [-0.4, -0.2) is 63.6 Å². The van der Waals surface area contributed by atoms with Gasteiger partial charge in [-0.05, 0) is 65.3 Å². The molecule has 0 aliphatic heterocycles. The Labute approximate surface area is 193 Å². The highest BCUT2D eigenvalue weighted by molar-refractivity contribution is 6.90. The Morgan fingerprint density at radius 1 is 0.844 bits per heavy atom. The summed E-state index contributed by atoms with van der Waals surface area (Å²) in [5.74, 6) is -2.96. The van der Waals surface area contributed by atoms with Crippen molar-refractivity contribution >= 4 is 45.7 Å². The van der Waals surface area contributed by atoms with E-state index in [4.69, 9.17) is 22.2 Å². The topological polar surface area (TPSA) is 91.3 Å². The highest BCUT2D eigenvalue weighted by Gasteiger charge is 2.49. The van der Waals surface area contributed by atoms with Crippen LogP contribution in [-0.2, 0) is 26.7 Å². The number of carboxylic acids is 1. The van der Waals surface area contributed by atoms with Gasteiger partial charge >= 0.3 is 26.9 Å². The number of ether oxygens (including phenoxy) is 1. The van der Waals surface area contributed by atoms with E-state index in [1.807, 2.05) is 58.9 Å². The van der Waals surface area contributed by atoms with Crippen LogP contribution in [0.1, 0.15) is 12.8 Å². The van der Waals surface area contributed by atoms with Gasteiger partial charge in [0, 0.05) is 12.1 Å². The first-order valence-electron chi connectivity index (χ1n) is 10.3. The van der Waals surface area contributed by atoms with Crippen molar-refractivity contribution in [1.82, 2.24) is 0 Å². The molecule has 0 aromatic carbocycles. The van der Waals surface area contributed by atoms with Gasteiger partial charge in [-0.15, -0.1) is 0 Å². The SMILES string of the molecule is C[Si](C)(C)O[Si](CCCOC(=O)C(=CC(=O)O)CC(F)(F)F)(O[Si](C)(C)C)O[Si](C)(C)C. The van der Waals surface area contributed by atoms with Crippen LogP contribution in [0.2, 0.25) is 65.0 Å². The summed E-state index contributed by atoms with van der Waals surface area (Å²) in [7, 11) is -9.42. The molecule has 0 aliphatic rings. The lowest BCUT2D eigenvalue weighted by Crippen LogP contribution is -2.60. The standard InChI is InChI=1S/C18H37F3O7Si4/c1-29(2,3)26-32(27-30(4,5)6,28-31(7,8)9)12-10-11-25-17(24)15(13-16(22)23)14-18(19,20)21/h13H,10-12,14H2,1-9H3,(H,22,23). The maximum Gasteiger partial charge on any atom is 0.469 e. The second-order valence-electron chi connectivity index (χ2n) is 10.4. The number of aliphatic carboxylic acids is 1. The van der Waals surface area contributed by atoms with Gasteiger partial charge in [-0.3, -0.25) is 0 Å². The lowest BCUT2D eigenvalue weighted by atomic mass is 10.1. The smallest absolute Gasteiger partial charge is 0.469 e. The normalized spacial score (nSPS) is 14.4. The molecule has 0 aliphatic carbocycles. The van der Waals surface area contributed by atoms with Gasteiger partial charge < -0.3 is 22.2 Å². The van der Waals surface area contributed by atoms with E-state index < -0.39 is 63.9 Å². The summed E-state index contributed by atoms with van der Waals surface area (Å²) in [6.45, 7) is 18.0. The van der Waals surface area contributed by atoms with Crippen molar-refractivity contribution in [2.45, 2.75) is 84.0 Å². The zero-order valence-corrected chi connectivity index (χ0v) is 24.4. The molecule has 32 heavy (non-hydrogen) atoms. The summed E-state index contributed by atoms with van der Waals surface area (Å²) in [5.41, 5.74) is -0.955. The summed E-state index contributed by atoms with van der Waals surface area (Å²) in [5, 5.41) is 8.75. The Hall–Kier alpha value is -0.782. The first-order valence-corrected chi connectivity index (χ1v) is 22.5. The zero-order chi connectivity index (χ0) is 25.6. The maximum atomic E-state index is 12.7. The molecule has 188 valence electrons. The lowest BCUT2D eigenvalue weighted by molar-refractivity contribution is -0.148. The summed E-state index contributed by atoms with van der Waals surface area (Å²) < 4.78 is 62.4. The van der Waals surface area contributed by atoms with Gasteiger partial charge in [0.2, 0.25) is 0 Å². The van der Waals surface area contributed by atoms with E-state index in [0.717, 1.165) is 0 Å². The van der Waals surface area contributed by atoms with E-state index in [1.54, 1.807) is 0 Å². The van der Waals surface area contributed by atoms with Crippen molar-refractivity contribution in [3.63, 3.8) is 0 Å². The van der Waals surface area contributed by atoms with Crippen molar-refractivity contribution in [1.29, 1.82) is 0 Å². The van der Waals surface area contributed by atoms with Gasteiger partial charge in [0.15, 0.2) is 25.0 Å². The van der Waals surface area contributed by atoms with Crippen molar-refractivity contribution in [2.75, 3.05) is 6.61 Å². The van der Waals surface area contributed by atoms with Crippen LogP contribution < -0.4 is 0 Å². The summed E-state index contributed by atoms with van der Waals surface area (Å²) in [6.07, 6.45) is -5.92. The molecule has 0 aromatic heterocycles. The molecule has 14 heteroatoms. The summed E-state index contributed by atoms with van der Waals surface area (Å²) >= 11 is 0. The Bertz CT molecular complexity index is 637. The number of carbonyl (C=O) groups excluding carboxylic acids is 1. The first-order chi connectivity index (χ1) is 14.0. The molecular weight excluding hydrogens is 498 g/mol. The molecule has 0 spiro atoms. The van der Waals surface area contributed by atoms with E-state index in [9.17, 15) is 22.8 Å². The van der Waals surface area contributed by atoms with E-state index in [-0.39, 0.29) is 19.1 Å². The Morgan fingerprint density at radius 3 is 1.56 bits per heavy atom. The monoisotopic (exact) mass is 534 g/mol. The minimum absolute atomic E-state index is 0.207. The molecule has 7 nitrogen and oxygen atoms in total. The average molecular weight is 535 g/mol. The highest BCUT2D eigenvalue weighted by atomic mass is 28.5. The second kappa shape index (κ2) is 11.6. The lowest BCUT2D eigenvalue weighted by Gasteiger charge is -2.42. The van der Waals surface area contributed by atoms with Crippen LogP contribution in [0.5, 0.6) is 0 Å². The van der Waals surface area contributed by atoms with E-state index >= 15 is 0 Å². The van der Waals surface area contributed by atoms with E-state index in [0.29, 0.717) is 6.04 Å².